The van der Waals surface area contributed by atoms with Crippen LogP contribution in [0.25, 0.3) is 5.57 Å². The first-order valence-electron chi connectivity index (χ1n) is 10.7. The van der Waals surface area contributed by atoms with Gasteiger partial charge in [-0.15, -0.1) is 0 Å². The van der Waals surface area contributed by atoms with Gasteiger partial charge in [0, 0.05) is 18.1 Å². The summed E-state index contributed by atoms with van der Waals surface area (Å²) in [6.07, 6.45) is 0.836. The lowest BCUT2D eigenvalue weighted by molar-refractivity contribution is -0.120. The van der Waals surface area contributed by atoms with Gasteiger partial charge in [-0.25, -0.2) is 4.90 Å². The number of fused-ring (bicyclic) bond motifs is 1. The van der Waals surface area contributed by atoms with Crippen LogP contribution in [0.2, 0.25) is 5.02 Å². The molecule has 0 unspecified atom stereocenters. The molecule has 0 spiro atoms. The number of nitrogens with zero attached hydrogens (tertiary/aromatic N) is 2. The monoisotopic (exact) mass is 442 g/mol. The number of anilines is 1. The van der Waals surface area contributed by atoms with E-state index >= 15 is 0 Å². The van der Waals surface area contributed by atoms with Crippen LogP contribution in [0.4, 0.5) is 5.69 Å². The smallest absolute Gasteiger partial charge is 0.282 e. The molecule has 0 aromatic heterocycles. The summed E-state index contributed by atoms with van der Waals surface area (Å²) >= 11 is 6.04. The molecule has 0 bridgehead atoms. The number of hydrogen-bond donors (Lipinski definition) is 0. The van der Waals surface area contributed by atoms with Crippen LogP contribution in [0.1, 0.15) is 27.8 Å². The van der Waals surface area contributed by atoms with Crippen LogP contribution in [-0.4, -0.2) is 23.3 Å². The third-order valence-electron chi connectivity index (χ3n) is 6.24. The number of carbonyl (C=O) groups is 2. The van der Waals surface area contributed by atoms with Crippen molar-refractivity contribution in [2.75, 3.05) is 11.4 Å². The van der Waals surface area contributed by atoms with Crippen LogP contribution in [-0.2, 0) is 22.6 Å². The highest BCUT2D eigenvalue weighted by molar-refractivity contribution is 6.45. The van der Waals surface area contributed by atoms with Gasteiger partial charge in [0.25, 0.3) is 11.8 Å². The zero-order valence-electron chi connectivity index (χ0n) is 18.1. The fourth-order valence-corrected chi connectivity index (χ4v) is 4.79. The summed E-state index contributed by atoms with van der Waals surface area (Å²) < 4.78 is 0. The van der Waals surface area contributed by atoms with E-state index in [1.807, 2.05) is 44.2 Å². The lowest BCUT2D eigenvalue weighted by Gasteiger charge is -2.31. The van der Waals surface area contributed by atoms with Gasteiger partial charge >= 0.3 is 0 Å². The topological polar surface area (TPSA) is 40.6 Å². The van der Waals surface area contributed by atoms with Crippen LogP contribution in [0, 0.1) is 13.8 Å². The van der Waals surface area contributed by atoms with Crippen LogP contribution in [0.3, 0.4) is 0 Å². The van der Waals surface area contributed by atoms with Crippen molar-refractivity contribution >= 4 is 34.7 Å². The summed E-state index contributed by atoms with van der Waals surface area (Å²) in [5, 5.41) is 0.559. The van der Waals surface area contributed by atoms with Gasteiger partial charge in [-0.3, -0.25) is 9.59 Å². The van der Waals surface area contributed by atoms with Crippen LogP contribution in [0.15, 0.2) is 72.4 Å². The van der Waals surface area contributed by atoms with Gasteiger partial charge in [0.15, 0.2) is 0 Å². The van der Waals surface area contributed by atoms with E-state index < -0.39 is 0 Å². The Labute approximate surface area is 192 Å². The van der Waals surface area contributed by atoms with Crippen molar-refractivity contribution < 1.29 is 9.59 Å². The van der Waals surface area contributed by atoms with Crippen LogP contribution < -0.4 is 4.90 Å². The highest BCUT2D eigenvalue weighted by atomic mass is 35.5. The molecule has 0 atom stereocenters. The summed E-state index contributed by atoms with van der Waals surface area (Å²) in [5.74, 6) is -0.579. The SMILES string of the molecule is Cc1ccc(C2=C(N3CCc4ccccc4C3)C(=O)N(c3ccc(Cl)cc3)C2=O)c(C)c1. The quantitative estimate of drug-likeness (QED) is 0.517. The minimum Gasteiger partial charge on any atom is -0.362 e. The number of imide groups is 1. The Morgan fingerprint density at radius 3 is 2.28 bits per heavy atom. The Morgan fingerprint density at radius 2 is 1.56 bits per heavy atom. The summed E-state index contributed by atoms with van der Waals surface area (Å²) in [5.41, 5.74) is 6.87. The van der Waals surface area contributed by atoms with Crippen molar-refractivity contribution in [3.63, 3.8) is 0 Å². The van der Waals surface area contributed by atoms with E-state index in [1.54, 1.807) is 24.3 Å². The molecule has 160 valence electrons. The number of carbonyl (C=O) groups excluding carboxylic acids is 2. The second-order valence-corrected chi connectivity index (χ2v) is 8.84. The predicted octanol–water partition coefficient (Wildman–Crippen LogP) is 5.30. The summed E-state index contributed by atoms with van der Waals surface area (Å²) in [6, 6.07) is 21.1. The average molecular weight is 443 g/mol. The van der Waals surface area contributed by atoms with E-state index in [0.29, 0.717) is 35.1 Å². The average Bonchev–Trinajstić information content (AvgIpc) is 3.04. The molecule has 0 saturated carbocycles. The molecule has 2 aliphatic heterocycles. The van der Waals surface area contributed by atoms with Crippen LogP contribution in [0.5, 0.6) is 0 Å². The highest BCUT2D eigenvalue weighted by Gasteiger charge is 2.43. The van der Waals surface area contributed by atoms with E-state index in [0.717, 1.165) is 23.1 Å². The molecule has 0 N–H and O–H groups in total. The molecule has 0 aliphatic carbocycles. The first-order valence-corrected chi connectivity index (χ1v) is 11.1. The number of rotatable bonds is 3. The third kappa shape index (κ3) is 3.41. The lowest BCUT2D eigenvalue weighted by atomic mass is 9.95. The molecule has 2 amide bonds. The highest BCUT2D eigenvalue weighted by Crippen LogP contribution is 2.38. The second-order valence-electron chi connectivity index (χ2n) is 8.40. The molecule has 2 heterocycles. The molecule has 0 fully saturated rings. The minimum absolute atomic E-state index is 0.285. The van der Waals surface area contributed by atoms with Gasteiger partial charge in [-0.2, -0.15) is 0 Å². The molecular weight excluding hydrogens is 420 g/mol. The molecular formula is C27H23ClN2O2. The predicted molar refractivity (Wildman–Crippen MR) is 127 cm³/mol. The molecule has 32 heavy (non-hydrogen) atoms. The summed E-state index contributed by atoms with van der Waals surface area (Å²) in [6.45, 7) is 5.30. The van der Waals surface area contributed by atoms with Gasteiger partial charge in [-0.05, 0) is 66.8 Å². The standard InChI is InChI=1S/C27H23ClN2O2/c1-17-7-12-23(18(2)15-17)24-25(29-14-13-19-5-3-4-6-20(19)16-29)27(32)30(26(24)31)22-10-8-21(28)9-11-22/h3-12,15H,13-14,16H2,1-2H3. The van der Waals surface area contributed by atoms with E-state index in [9.17, 15) is 9.59 Å². The molecule has 0 saturated heterocycles. The molecule has 3 aromatic rings. The Hall–Kier alpha value is -3.37. The largest absolute Gasteiger partial charge is 0.362 e. The number of aryl methyl sites for hydroxylation is 2. The van der Waals surface area contributed by atoms with E-state index in [2.05, 4.69) is 17.0 Å². The number of hydrogen-bond acceptors (Lipinski definition) is 3. The zero-order valence-corrected chi connectivity index (χ0v) is 18.8. The van der Waals surface area contributed by atoms with Crippen molar-refractivity contribution in [1.82, 2.24) is 4.90 Å². The first-order chi connectivity index (χ1) is 15.4. The summed E-state index contributed by atoms with van der Waals surface area (Å²) in [4.78, 5) is 30.8. The Kier molecular flexibility index (Phi) is 5.10. The van der Waals surface area contributed by atoms with Gasteiger partial charge < -0.3 is 4.90 Å². The maximum absolute atomic E-state index is 13.7. The Bertz CT molecular complexity index is 1280. The molecule has 2 aliphatic rings. The van der Waals surface area contributed by atoms with Crippen molar-refractivity contribution in [1.29, 1.82) is 0 Å². The van der Waals surface area contributed by atoms with Crippen molar-refractivity contribution in [2.24, 2.45) is 0 Å². The van der Waals surface area contributed by atoms with E-state index in [1.165, 1.54) is 16.0 Å². The molecule has 0 radical (unpaired) electrons. The molecule has 5 heteroatoms. The Morgan fingerprint density at radius 1 is 0.844 bits per heavy atom. The molecule has 4 nitrogen and oxygen atoms in total. The summed E-state index contributed by atoms with van der Waals surface area (Å²) in [7, 11) is 0. The fraction of sp³-hybridized carbons (Fsp3) is 0.185. The first kappa shape index (κ1) is 20.5. The fourth-order valence-electron chi connectivity index (χ4n) is 4.66. The van der Waals surface area contributed by atoms with Crippen LogP contribution >= 0.6 is 11.6 Å². The number of benzene rings is 3. The molecule has 5 rings (SSSR count). The van der Waals surface area contributed by atoms with Crippen molar-refractivity contribution in [3.8, 4) is 0 Å². The second kappa shape index (κ2) is 7.95. The maximum Gasteiger partial charge on any atom is 0.282 e. The third-order valence-corrected chi connectivity index (χ3v) is 6.49. The normalized spacial score (nSPS) is 16.1. The number of amides is 2. The van der Waals surface area contributed by atoms with Gasteiger partial charge in [0.1, 0.15) is 5.70 Å². The zero-order chi connectivity index (χ0) is 22.4. The number of halogens is 1. The van der Waals surface area contributed by atoms with Crippen molar-refractivity contribution in [2.45, 2.75) is 26.8 Å². The lowest BCUT2D eigenvalue weighted by Crippen LogP contribution is -2.37. The Balaban J connectivity index is 1.65. The maximum atomic E-state index is 13.7. The van der Waals surface area contributed by atoms with E-state index in [4.69, 9.17) is 11.6 Å². The van der Waals surface area contributed by atoms with Gasteiger partial charge in [0.05, 0.1) is 11.3 Å². The van der Waals surface area contributed by atoms with Crippen molar-refractivity contribution in [3.05, 3.63) is 105 Å². The molecule has 3 aromatic carbocycles. The minimum atomic E-state index is -0.293. The van der Waals surface area contributed by atoms with Gasteiger partial charge in [-0.1, -0.05) is 59.6 Å². The van der Waals surface area contributed by atoms with Gasteiger partial charge in [0.2, 0.25) is 0 Å². The van der Waals surface area contributed by atoms with E-state index in [-0.39, 0.29) is 11.8 Å².